The van der Waals surface area contributed by atoms with Crippen molar-refractivity contribution >= 4 is 11.9 Å². The number of methoxy groups -OCH3 is 1. The third-order valence-electron chi connectivity index (χ3n) is 4.89. The minimum Gasteiger partial charge on any atom is -0.497 e. The average Bonchev–Trinajstić information content (AvgIpc) is 3.18. The Kier molecular flexibility index (Phi) is 5.75. The number of benzene rings is 1. The summed E-state index contributed by atoms with van der Waals surface area (Å²) in [6.45, 7) is 5.58. The van der Waals surface area contributed by atoms with Gasteiger partial charge in [-0.3, -0.25) is 4.79 Å². The standard InChI is InChI=1S/C19H26N4O3/c1-4-13(2)20-17(24)14-9-11-23(12-10-14)19-22-21-18(26-19)15-5-7-16(25-3)8-6-15/h5-8,13-14H,4,9-12H2,1-3H3,(H,20,24). The first-order valence-corrected chi connectivity index (χ1v) is 9.14. The number of rotatable bonds is 6. The predicted octanol–water partition coefficient (Wildman–Crippen LogP) is 2.88. The average molecular weight is 358 g/mol. The van der Waals surface area contributed by atoms with E-state index in [1.165, 1.54) is 0 Å². The van der Waals surface area contributed by atoms with E-state index in [4.69, 9.17) is 9.15 Å². The fourth-order valence-electron chi connectivity index (χ4n) is 2.99. The lowest BCUT2D eigenvalue weighted by atomic mass is 9.96. The molecule has 1 aliphatic rings. The van der Waals surface area contributed by atoms with E-state index in [9.17, 15) is 4.79 Å². The van der Waals surface area contributed by atoms with E-state index in [1.54, 1.807) is 7.11 Å². The summed E-state index contributed by atoms with van der Waals surface area (Å²) >= 11 is 0. The first kappa shape index (κ1) is 18.2. The normalized spacial score (nSPS) is 16.3. The van der Waals surface area contributed by atoms with E-state index in [0.717, 1.165) is 43.7 Å². The number of hydrogen-bond donors (Lipinski definition) is 1. The zero-order valence-corrected chi connectivity index (χ0v) is 15.6. The van der Waals surface area contributed by atoms with Crippen LogP contribution in [0.15, 0.2) is 28.7 Å². The van der Waals surface area contributed by atoms with Gasteiger partial charge in [0, 0.05) is 30.6 Å². The van der Waals surface area contributed by atoms with Gasteiger partial charge in [0.1, 0.15) is 5.75 Å². The fourth-order valence-corrected chi connectivity index (χ4v) is 2.99. The molecule has 7 nitrogen and oxygen atoms in total. The second-order valence-electron chi connectivity index (χ2n) is 6.70. The largest absolute Gasteiger partial charge is 0.497 e. The molecule has 0 radical (unpaired) electrons. The Hall–Kier alpha value is -2.57. The van der Waals surface area contributed by atoms with Crippen LogP contribution < -0.4 is 15.0 Å². The van der Waals surface area contributed by atoms with Gasteiger partial charge in [-0.05, 0) is 50.5 Å². The molecule has 0 bridgehead atoms. The molecule has 0 aliphatic carbocycles. The second kappa shape index (κ2) is 8.21. The lowest BCUT2D eigenvalue weighted by Gasteiger charge is -2.30. The first-order chi connectivity index (χ1) is 12.6. The van der Waals surface area contributed by atoms with E-state index >= 15 is 0 Å². The molecule has 140 valence electrons. The van der Waals surface area contributed by atoms with Crippen LogP contribution in [0.1, 0.15) is 33.1 Å². The van der Waals surface area contributed by atoms with Crippen LogP contribution >= 0.6 is 0 Å². The van der Waals surface area contributed by atoms with Gasteiger partial charge in [0.15, 0.2) is 0 Å². The van der Waals surface area contributed by atoms with Crippen molar-refractivity contribution in [2.45, 2.75) is 39.2 Å². The third kappa shape index (κ3) is 4.15. The summed E-state index contributed by atoms with van der Waals surface area (Å²) in [5, 5.41) is 11.4. The van der Waals surface area contributed by atoms with E-state index < -0.39 is 0 Å². The van der Waals surface area contributed by atoms with Crippen molar-refractivity contribution in [2.75, 3.05) is 25.1 Å². The van der Waals surface area contributed by atoms with Gasteiger partial charge >= 0.3 is 6.01 Å². The van der Waals surface area contributed by atoms with Gasteiger partial charge in [0.2, 0.25) is 11.8 Å². The van der Waals surface area contributed by atoms with E-state index in [-0.39, 0.29) is 17.9 Å². The quantitative estimate of drug-likeness (QED) is 0.855. The Morgan fingerprint density at radius 1 is 1.31 bits per heavy atom. The fraction of sp³-hybridized carbons (Fsp3) is 0.526. The smallest absolute Gasteiger partial charge is 0.318 e. The summed E-state index contributed by atoms with van der Waals surface area (Å²) in [5.74, 6) is 1.48. The predicted molar refractivity (Wildman–Crippen MR) is 99.1 cm³/mol. The van der Waals surface area contributed by atoms with Gasteiger partial charge in [-0.2, -0.15) is 0 Å². The van der Waals surface area contributed by atoms with Crippen LogP contribution in [0.4, 0.5) is 6.01 Å². The van der Waals surface area contributed by atoms with E-state index in [0.29, 0.717) is 11.9 Å². The molecule has 26 heavy (non-hydrogen) atoms. The molecule has 2 heterocycles. The van der Waals surface area contributed by atoms with Crippen molar-refractivity contribution in [3.05, 3.63) is 24.3 Å². The first-order valence-electron chi connectivity index (χ1n) is 9.14. The highest BCUT2D eigenvalue weighted by atomic mass is 16.5. The monoisotopic (exact) mass is 358 g/mol. The van der Waals surface area contributed by atoms with Crippen LogP contribution in [-0.4, -0.2) is 42.3 Å². The highest BCUT2D eigenvalue weighted by molar-refractivity contribution is 5.79. The van der Waals surface area contributed by atoms with Crippen LogP contribution in [0.3, 0.4) is 0 Å². The highest BCUT2D eigenvalue weighted by Crippen LogP contribution is 2.27. The number of piperidine rings is 1. The zero-order chi connectivity index (χ0) is 18.5. The third-order valence-corrected chi connectivity index (χ3v) is 4.89. The number of hydrogen-bond acceptors (Lipinski definition) is 6. The van der Waals surface area contributed by atoms with Crippen LogP contribution in [0, 0.1) is 5.92 Å². The number of carbonyl (C=O) groups is 1. The van der Waals surface area contributed by atoms with Gasteiger partial charge in [-0.1, -0.05) is 12.0 Å². The van der Waals surface area contributed by atoms with Crippen molar-refractivity contribution in [1.82, 2.24) is 15.5 Å². The van der Waals surface area contributed by atoms with Crippen molar-refractivity contribution < 1.29 is 13.9 Å². The molecule has 3 rings (SSSR count). The molecule has 1 atom stereocenters. The van der Waals surface area contributed by atoms with Crippen molar-refractivity contribution in [1.29, 1.82) is 0 Å². The summed E-state index contributed by atoms with van der Waals surface area (Å²) in [6.07, 6.45) is 2.53. The molecule has 1 saturated heterocycles. The summed E-state index contributed by atoms with van der Waals surface area (Å²) < 4.78 is 11.0. The molecule has 7 heteroatoms. The summed E-state index contributed by atoms with van der Waals surface area (Å²) in [5.41, 5.74) is 0.854. The zero-order valence-electron chi connectivity index (χ0n) is 15.6. The van der Waals surface area contributed by atoms with E-state index in [2.05, 4.69) is 22.4 Å². The molecule has 2 aromatic rings. The SMILES string of the molecule is CCC(C)NC(=O)C1CCN(c2nnc(-c3ccc(OC)cc3)o2)CC1. The number of amides is 1. The maximum atomic E-state index is 12.3. The Labute approximate surface area is 153 Å². The van der Waals surface area contributed by atoms with Crippen molar-refractivity contribution in [3.8, 4) is 17.2 Å². The maximum Gasteiger partial charge on any atom is 0.318 e. The molecule has 1 aliphatic heterocycles. The van der Waals surface area contributed by atoms with Crippen molar-refractivity contribution in [3.63, 3.8) is 0 Å². The van der Waals surface area contributed by atoms with Crippen LogP contribution in [0.25, 0.3) is 11.5 Å². The lowest BCUT2D eigenvalue weighted by Crippen LogP contribution is -2.43. The maximum absolute atomic E-state index is 12.3. The van der Waals surface area contributed by atoms with Gasteiger partial charge in [0.25, 0.3) is 0 Å². The number of nitrogens with one attached hydrogen (secondary N) is 1. The van der Waals surface area contributed by atoms with Crippen LogP contribution in [-0.2, 0) is 4.79 Å². The summed E-state index contributed by atoms with van der Waals surface area (Å²) in [4.78, 5) is 14.3. The summed E-state index contributed by atoms with van der Waals surface area (Å²) in [7, 11) is 1.63. The molecule has 1 aromatic carbocycles. The van der Waals surface area contributed by atoms with Crippen LogP contribution in [0.2, 0.25) is 0 Å². The number of anilines is 1. The highest BCUT2D eigenvalue weighted by Gasteiger charge is 2.27. The molecule has 1 fully saturated rings. The van der Waals surface area contributed by atoms with Gasteiger partial charge in [-0.25, -0.2) is 0 Å². The minimum absolute atomic E-state index is 0.0595. The second-order valence-corrected chi connectivity index (χ2v) is 6.70. The number of ether oxygens (including phenoxy) is 1. The molecular weight excluding hydrogens is 332 g/mol. The molecule has 0 spiro atoms. The number of carbonyl (C=O) groups excluding carboxylic acids is 1. The Bertz CT molecular complexity index is 721. The number of aromatic nitrogens is 2. The molecule has 1 N–H and O–H groups in total. The molecule has 1 unspecified atom stereocenters. The van der Waals surface area contributed by atoms with E-state index in [1.807, 2.05) is 36.1 Å². The Balaban J connectivity index is 1.58. The molecule has 0 saturated carbocycles. The molecule has 1 amide bonds. The molecule has 1 aromatic heterocycles. The summed E-state index contributed by atoms with van der Waals surface area (Å²) in [6, 6.07) is 8.24. The minimum atomic E-state index is 0.0595. The Morgan fingerprint density at radius 3 is 2.62 bits per heavy atom. The van der Waals surface area contributed by atoms with Crippen LogP contribution in [0.5, 0.6) is 5.75 Å². The lowest BCUT2D eigenvalue weighted by molar-refractivity contribution is -0.126. The van der Waals surface area contributed by atoms with Gasteiger partial charge in [0.05, 0.1) is 7.11 Å². The van der Waals surface area contributed by atoms with Gasteiger partial charge in [-0.15, -0.1) is 5.10 Å². The molecular formula is C19H26N4O3. The Morgan fingerprint density at radius 2 is 2.00 bits per heavy atom. The van der Waals surface area contributed by atoms with Crippen molar-refractivity contribution in [2.24, 2.45) is 5.92 Å². The van der Waals surface area contributed by atoms with Gasteiger partial charge < -0.3 is 19.4 Å². The topological polar surface area (TPSA) is 80.5 Å². The number of nitrogens with zero attached hydrogens (tertiary/aromatic N) is 3.